The number of ether oxygens (including phenoxy) is 3. The fraction of sp³-hybridized carbons (Fsp3) is 0.414. The van der Waals surface area contributed by atoms with Crippen molar-refractivity contribution in [2.24, 2.45) is 11.8 Å². The van der Waals surface area contributed by atoms with E-state index < -0.39 is 0 Å². The summed E-state index contributed by atoms with van der Waals surface area (Å²) in [5.74, 6) is 3.11. The standard InChI is InChI=1S/C29H32Cl2N4O4/c1-4-19(36)9-17-7-8-39-15-22(17)34-25-11-20-18(14-32-25)10-21(35-29(20)33-13-16-5-6-16)26-27(30)23(37-2)12-24(38-3)28(26)31/h4,10-12,14,16-17,22H,1,5-9,13,15H2,2-3H3,(H,32,34)(H,33,35)/t17-,22-/m1/s1. The first-order valence-electron chi connectivity index (χ1n) is 13.1. The van der Waals surface area contributed by atoms with Gasteiger partial charge in [-0.1, -0.05) is 29.8 Å². The summed E-state index contributed by atoms with van der Waals surface area (Å²) in [6, 6.07) is 5.52. The van der Waals surface area contributed by atoms with Gasteiger partial charge in [0.15, 0.2) is 5.78 Å². The van der Waals surface area contributed by atoms with E-state index in [0.717, 1.165) is 23.7 Å². The summed E-state index contributed by atoms with van der Waals surface area (Å²) in [4.78, 5) is 21.7. The molecule has 5 rings (SSSR count). The molecule has 1 aliphatic heterocycles. The van der Waals surface area contributed by atoms with Gasteiger partial charge in [-0.3, -0.25) is 4.79 Å². The van der Waals surface area contributed by atoms with Crippen LogP contribution >= 0.6 is 23.2 Å². The van der Waals surface area contributed by atoms with E-state index in [2.05, 4.69) is 22.2 Å². The average Bonchev–Trinajstić information content (AvgIpc) is 3.78. The maximum atomic E-state index is 12.1. The number of halogens is 2. The number of fused-ring (bicyclic) bond motifs is 1. The van der Waals surface area contributed by atoms with Gasteiger partial charge in [0.1, 0.15) is 23.1 Å². The number of aromatic nitrogens is 2. The molecular weight excluding hydrogens is 539 g/mol. The van der Waals surface area contributed by atoms with E-state index in [-0.39, 0.29) is 17.7 Å². The van der Waals surface area contributed by atoms with E-state index in [4.69, 9.17) is 42.4 Å². The number of allylic oxidation sites excluding steroid dienone is 1. The normalized spacial score (nSPS) is 19.0. The molecule has 3 aromatic rings. The Morgan fingerprint density at radius 2 is 1.90 bits per heavy atom. The summed E-state index contributed by atoms with van der Waals surface area (Å²) < 4.78 is 16.6. The molecule has 39 heavy (non-hydrogen) atoms. The van der Waals surface area contributed by atoms with Crippen LogP contribution in [0.4, 0.5) is 11.6 Å². The average molecular weight is 572 g/mol. The molecule has 8 nitrogen and oxygen atoms in total. The lowest BCUT2D eigenvalue weighted by molar-refractivity contribution is -0.116. The molecule has 0 unspecified atom stereocenters. The van der Waals surface area contributed by atoms with Crippen LogP contribution in [-0.2, 0) is 9.53 Å². The molecule has 0 spiro atoms. The Bertz CT molecular complexity index is 1370. The number of nitrogens with zero attached hydrogens (tertiary/aromatic N) is 2. The number of hydrogen-bond acceptors (Lipinski definition) is 8. The lowest BCUT2D eigenvalue weighted by atomic mass is 9.89. The fourth-order valence-electron chi connectivity index (χ4n) is 4.88. The zero-order valence-electron chi connectivity index (χ0n) is 22.1. The van der Waals surface area contributed by atoms with Crippen LogP contribution in [-0.4, -0.2) is 55.8 Å². The first-order chi connectivity index (χ1) is 18.9. The van der Waals surface area contributed by atoms with Crippen LogP contribution in [0.15, 0.2) is 37.1 Å². The lowest BCUT2D eigenvalue weighted by Gasteiger charge is -2.32. The first kappa shape index (κ1) is 27.5. The van der Waals surface area contributed by atoms with Crippen LogP contribution < -0.4 is 20.1 Å². The highest BCUT2D eigenvalue weighted by molar-refractivity contribution is 6.41. The quantitative estimate of drug-likeness (QED) is 0.255. The Morgan fingerprint density at radius 3 is 2.56 bits per heavy atom. The number of anilines is 2. The summed E-state index contributed by atoms with van der Waals surface area (Å²) in [6.07, 6.45) is 6.83. The number of carbonyl (C=O) groups excluding carboxylic acids is 1. The van der Waals surface area contributed by atoms with E-state index in [1.807, 2.05) is 12.1 Å². The second kappa shape index (κ2) is 12.0. The highest BCUT2D eigenvalue weighted by Gasteiger charge is 2.28. The van der Waals surface area contributed by atoms with Crippen molar-refractivity contribution < 1.29 is 19.0 Å². The van der Waals surface area contributed by atoms with E-state index in [1.165, 1.54) is 18.9 Å². The van der Waals surface area contributed by atoms with E-state index in [9.17, 15) is 4.79 Å². The number of methoxy groups -OCH3 is 2. The number of benzene rings is 1. The van der Waals surface area contributed by atoms with Gasteiger partial charge in [0.05, 0.1) is 42.6 Å². The molecule has 0 bridgehead atoms. The minimum atomic E-state index is -0.0374. The molecule has 2 aromatic heterocycles. The molecule has 1 aromatic carbocycles. The molecule has 2 N–H and O–H groups in total. The molecule has 1 aliphatic carbocycles. The fourth-order valence-corrected chi connectivity index (χ4v) is 5.57. The van der Waals surface area contributed by atoms with E-state index in [1.54, 1.807) is 26.5 Å². The van der Waals surface area contributed by atoms with Crippen molar-refractivity contribution in [3.63, 3.8) is 0 Å². The monoisotopic (exact) mass is 570 g/mol. The van der Waals surface area contributed by atoms with Crippen molar-refractivity contribution >= 4 is 51.4 Å². The van der Waals surface area contributed by atoms with Crippen molar-refractivity contribution in [3.8, 4) is 22.8 Å². The summed E-state index contributed by atoms with van der Waals surface area (Å²) in [5.41, 5.74) is 1.11. The molecule has 1 saturated heterocycles. The van der Waals surface area contributed by atoms with Gasteiger partial charge < -0.3 is 24.8 Å². The summed E-state index contributed by atoms with van der Waals surface area (Å²) in [6.45, 7) is 5.58. The van der Waals surface area contributed by atoms with Crippen molar-refractivity contribution in [1.29, 1.82) is 0 Å². The van der Waals surface area contributed by atoms with Crippen LogP contribution in [0.1, 0.15) is 25.7 Å². The Balaban J connectivity index is 1.54. The van der Waals surface area contributed by atoms with Crippen LogP contribution in [0.3, 0.4) is 0 Å². The van der Waals surface area contributed by atoms with Gasteiger partial charge in [-0.05, 0) is 49.3 Å². The van der Waals surface area contributed by atoms with E-state index in [0.29, 0.717) is 70.0 Å². The van der Waals surface area contributed by atoms with Gasteiger partial charge in [0, 0.05) is 48.2 Å². The summed E-state index contributed by atoms with van der Waals surface area (Å²) in [5, 5.41) is 9.52. The molecular formula is C29H32Cl2N4O4. The summed E-state index contributed by atoms with van der Waals surface area (Å²) in [7, 11) is 3.09. The van der Waals surface area contributed by atoms with Gasteiger partial charge in [-0.15, -0.1) is 0 Å². The van der Waals surface area contributed by atoms with Crippen molar-refractivity contribution in [3.05, 3.63) is 47.1 Å². The molecule has 2 fully saturated rings. The highest BCUT2D eigenvalue weighted by atomic mass is 35.5. The number of ketones is 1. The van der Waals surface area contributed by atoms with Crippen molar-refractivity contribution in [1.82, 2.24) is 9.97 Å². The maximum Gasteiger partial charge on any atom is 0.155 e. The van der Waals surface area contributed by atoms with Gasteiger partial charge in [-0.25, -0.2) is 9.97 Å². The number of rotatable bonds is 11. The highest BCUT2D eigenvalue weighted by Crippen LogP contribution is 2.46. The summed E-state index contributed by atoms with van der Waals surface area (Å²) >= 11 is 13.4. The van der Waals surface area contributed by atoms with Gasteiger partial charge in [-0.2, -0.15) is 0 Å². The Hall–Kier alpha value is -3.07. The number of hydrogen-bond donors (Lipinski definition) is 2. The molecule has 2 aliphatic rings. The molecule has 2 atom stereocenters. The Kier molecular flexibility index (Phi) is 8.45. The van der Waals surface area contributed by atoms with Gasteiger partial charge in [0.25, 0.3) is 0 Å². The Labute approximate surface area is 238 Å². The molecule has 3 heterocycles. The third-order valence-corrected chi connectivity index (χ3v) is 8.07. The number of nitrogens with one attached hydrogen (secondary N) is 2. The molecule has 0 radical (unpaired) electrons. The Morgan fingerprint density at radius 1 is 1.15 bits per heavy atom. The van der Waals surface area contributed by atoms with Gasteiger partial charge in [0.2, 0.25) is 0 Å². The second-order valence-corrected chi connectivity index (χ2v) is 10.8. The number of pyridine rings is 2. The van der Waals surface area contributed by atoms with Crippen LogP contribution in [0.5, 0.6) is 11.5 Å². The van der Waals surface area contributed by atoms with Crippen LogP contribution in [0, 0.1) is 11.8 Å². The molecule has 206 valence electrons. The molecule has 10 heteroatoms. The van der Waals surface area contributed by atoms with Crippen molar-refractivity contribution in [2.45, 2.75) is 31.7 Å². The third kappa shape index (κ3) is 6.08. The zero-order chi connectivity index (χ0) is 27.5. The second-order valence-electron chi connectivity index (χ2n) is 10.0. The SMILES string of the molecule is C=CC(=O)C[C@H]1CCOC[C@H]1Nc1cc2c(NCC3CC3)nc(-c3c(Cl)c(OC)cc(OC)c3Cl)cc2cn1. The van der Waals surface area contributed by atoms with Crippen LogP contribution in [0.25, 0.3) is 22.0 Å². The minimum Gasteiger partial charge on any atom is -0.495 e. The predicted octanol–water partition coefficient (Wildman–Crippen LogP) is 6.40. The largest absolute Gasteiger partial charge is 0.495 e. The van der Waals surface area contributed by atoms with Crippen LogP contribution in [0.2, 0.25) is 10.0 Å². The lowest BCUT2D eigenvalue weighted by Crippen LogP contribution is -2.39. The van der Waals surface area contributed by atoms with Crippen molar-refractivity contribution in [2.75, 3.05) is 44.6 Å². The first-order valence-corrected chi connectivity index (χ1v) is 13.8. The smallest absolute Gasteiger partial charge is 0.155 e. The third-order valence-electron chi connectivity index (χ3n) is 7.32. The zero-order valence-corrected chi connectivity index (χ0v) is 23.6. The van der Waals surface area contributed by atoms with E-state index >= 15 is 0 Å². The molecule has 0 amide bonds. The minimum absolute atomic E-state index is 0.0370. The topological polar surface area (TPSA) is 94.6 Å². The number of carbonyl (C=O) groups is 1. The maximum absolute atomic E-state index is 12.1. The molecule has 1 saturated carbocycles. The van der Waals surface area contributed by atoms with Gasteiger partial charge >= 0.3 is 0 Å². The predicted molar refractivity (Wildman–Crippen MR) is 155 cm³/mol.